The number of thiazole rings is 1. The maximum absolute atomic E-state index is 5.54. The Hall–Kier alpha value is -0.690. The van der Waals surface area contributed by atoms with Gasteiger partial charge in [0.25, 0.3) is 0 Å². The van der Waals surface area contributed by atoms with Gasteiger partial charge in [0.2, 0.25) is 0 Å². The minimum Gasteiger partial charge on any atom is -0.383 e. The first kappa shape index (κ1) is 13.7. The quantitative estimate of drug-likeness (QED) is 0.785. The van der Waals surface area contributed by atoms with E-state index >= 15 is 0 Å². The molecule has 18 heavy (non-hydrogen) atoms. The smallest absolute Gasteiger partial charge is 0.185 e. The second-order valence-corrected chi connectivity index (χ2v) is 5.25. The van der Waals surface area contributed by atoms with Crippen molar-refractivity contribution in [3.05, 3.63) is 11.1 Å². The number of rotatable bonds is 6. The van der Waals surface area contributed by atoms with Crippen molar-refractivity contribution in [3.8, 4) is 0 Å². The molecule has 1 aliphatic heterocycles. The van der Waals surface area contributed by atoms with Gasteiger partial charge in [0.1, 0.15) is 0 Å². The summed E-state index contributed by atoms with van der Waals surface area (Å²) in [6.45, 7) is 7.17. The fourth-order valence-electron chi connectivity index (χ4n) is 1.91. The zero-order valence-corrected chi connectivity index (χ0v) is 11.8. The van der Waals surface area contributed by atoms with Crippen molar-refractivity contribution >= 4 is 16.5 Å². The van der Waals surface area contributed by atoms with Gasteiger partial charge in [-0.15, -0.1) is 11.3 Å². The summed E-state index contributed by atoms with van der Waals surface area (Å²) in [6, 6.07) is 0. The Balaban J connectivity index is 1.81. The summed E-state index contributed by atoms with van der Waals surface area (Å²) in [4.78, 5) is 6.95. The van der Waals surface area contributed by atoms with Crippen molar-refractivity contribution in [1.82, 2.24) is 10.3 Å². The molecule has 6 heteroatoms. The molecule has 1 atom stereocenters. The first-order valence-corrected chi connectivity index (χ1v) is 7.18. The summed E-state index contributed by atoms with van der Waals surface area (Å²) in [5.41, 5.74) is 1.10. The first-order chi connectivity index (χ1) is 8.79. The number of nitrogens with zero attached hydrogens (tertiary/aromatic N) is 2. The Morgan fingerprint density at radius 3 is 3.33 bits per heavy atom. The van der Waals surface area contributed by atoms with E-state index in [0.717, 1.165) is 50.2 Å². The number of nitrogens with one attached hydrogen (secondary N) is 1. The molecule has 102 valence electrons. The summed E-state index contributed by atoms with van der Waals surface area (Å²) in [6.07, 6.45) is 0.297. The van der Waals surface area contributed by atoms with Gasteiger partial charge >= 0.3 is 0 Å². The average molecular weight is 271 g/mol. The highest BCUT2D eigenvalue weighted by Gasteiger charge is 2.19. The highest BCUT2D eigenvalue weighted by Crippen LogP contribution is 2.22. The molecule has 2 heterocycles. The number of anilines is 1. The highest BCUT2D eigenvalue weighted by molar-refractivity contribution is 7.13. The van der Waals surface area contributed by atoms with Crippen molar-refractivity contribution in [2.45, 2.75) is 19.6 Å². The van der Waals surface area contributed by atoms with Crippen molar-refractivity contribution < 1.29 is 9.47 Å². The number of morpholine rings is 1. The lowest BCUT2D eigenvalue weighted by atomic mass is 10.3. The van der Waals surface area contributed by atoms with Crippen molar-refractivity contribution in [2.75, 3.05) is 44.9 Å². The summed E-state index contributed by atoms with van der Waals surface area (Å²) in [7, 11) is 1.71. The molecule has 1 N–H and O–H groups in total. The van der Waals surface area contributed by atoms with Gasteiger partial charge in [-0.2, -0.15) is 0 Å². The number of hydrogen-bond donors (Lipinski definition) is 1. The highest BCUT2D eigenvalue weighted by atomic mass is 32.1. The Morgan fingerprint density at radius 1 is 1.67 bits per heavy atom. The zero-order valence-electron chi connectivity index (χ0n) is 11.0. The molecule has 2 rings (SSSR count). The first-order valence-electron chi connectivity index (χ1n) is 6.30. The molecule has 0 spiro atoms. The Bertz CT molecular complexity index is 359. The minimum atomic E-state index is 0.297. The molecular formula is C12H21N3O2S. The molecule has 1 fully saturated rings. The van der Waals surface area contributed by atoms with E-state index in [2.05, 4.69) is 27.5 Å². The van der Waals surface area contributed by atoms with Crippen LogP contribution in [-0.2, 0) is 16.0 Å². The van der Waals surface area contributed by atoms with E-state index < -0.39 is 0 Å². The fraction of sp³-hybridized carbons (Fsp3) is 0.750. The zero-order chi connectivity index (χ0) is 12.8. The topological polar surface area (TPSA) is 46.6 Å². The van der Waals surface area contributed by atoms with E-state index in [1.807, 2.05) is 0 Å². The predicted octanol–water partition coefficient (Wildman–Crippen LogP) is 1.10. The van der Waals surface area contributed by atoms with E-state index in [1.165, 1.54) is 0 Å². The number of hydrogen-bond acceptors (Lipinski definition) is 6. The van der Waals surface area contributed by atoms with Gasteiger partial charge in [0, 0.05) is 38.7 Å². The Labute approximate surface area is 112 Å². The van der Waals surface area contributed by atoms with Crippen LogP contribution >= 0.6 is 11.3 Å². The van der Waals surface area contributed by atoms with Gasteiger partial charge in [-0.05, 0) is 6.92 Å². The molecule has 1 saturated heterocycles. The van der Waals surface area contributed by atoms with Gasteiger partial charge in [-0.25, -0.2) is 4.98 Å². The maximum Gasteiger partial charge on any atom is 0.185 e. The second-order valence-electron chi connectivity index (χ2n) is 4.42. The van der Waals surface area contributed by atoms with Crippen molar-refractivity contribution in [1.29, 1.82) is 0 Å². The van der Waals surface area contributed by atoms with Crippen LogP contribution in [0.5, 0.6) is 0 Å². The molecular weight excluding hydrogens is 250 g/mol. The molecule has 0 radical (unpaired) electrons. The van der Waals surface area contributed by atoms with Gasteiger partial charge in [0.15, 0.2) is 5.13 Å². The summed E-state index contributed by atoms with van der Waals surface area (Å²) < 4.78 is 10.5. The van der Waals surface area contributed by atoms with E-state index in [4.69, 9.17) is 9.47 Å². The summed E-state index contributed by atoms with van der Waals surface area (Å²) in [5, 5.41) is 6.53. The molecule has 0 saturated carbocycles. The predicted molar refractivity (Wildman–Crippen MR) is 73.3 cm³/mol. The van der Waals surface area contributed by atoms with Gasteiger partial charge in [-0.3, -0.25) is 0 Å². The lowest BCUT2D eigenvalue weighted by Crippen LogP contribution is -2.41. The van der Waals surface area contributed by atoms with Gasteiger partial charge in [0.05, 0.1) is 25.0 Å². The molecule has 0 aliphatic carbocycles. The lowest BCUT2D eigenvalue weighted by molar-refractivity contribution is 0.0532. The molecule has 1 aliphatic rings. The molecule has 0 bridgehead atoms. The molecule has 1 unspecified atom stereocenters. The minimum absolute atomic E-state index is 0.297. The third-order valence-electron chi connectivity index (χ3n) is 2.84. The van der Waals surface area contributed by atoms with E-state index in [1.54, 1.807) is 18.4 Å². The molecule has 1 aromatic heterocycles. The average Bonchev–Trinajstić information content (AvgIpc) is 2.83. The Kier molecular flexibility index (Phi) is 5.37. The van der Waals surface area contributed by atoms with Crippen LogP contribution in [0.3, 0.4) is 0 Å². The van der Waals surface area contributed by atoms with E-state index in [9.17, 15) is 0 Å². The summed E-state index contributed by atoms with van der Waals surface area (Å²) >= 11 is 1.71. The normalized spacial score (nSPS) is 20.3. The third-order valence-corrected chi connectivity index (χ3v) is 3.79. The van der Waals surface area contributed by atoms with Crippen LogP contribution in [0, 0.1) is 0 Å². The molecule has 0 amide bonds. The van der Waals surface area contributed by atoms with Crippen LogP contribution in [0.4, 0.5) is 5.13 Å². The number of methoxy groups -OCH3 is 1. The number of ether oxygens (including phenoxy) is 2. The maximum atomic E-state index is 5.54. The van der Waals surface area contributed by atoms with Crippen molar-refractivity contribution in [2.24, 2.45) is 0 Å². The van der Waals surface area contributed by atoms with Crippen LogP contribution in [0.1, 0.15) is 12.6 Å². The fourth-order valence-corrected chi connectivity index (χ4v) is 2.77. The van der Waals surface area contributed by atoms with Crippen LogP contribution < -0.4 is 10.2 Å². The SMILES string of the molecule is COCCNCc1csc(N2CCOC(C)C2)n1. The third kappa shape index (κ3) is 3.91. The van der Waals surface area contributed by atoms with Gasteiger partial charge in [-0.1, -0.05) is 0 Å². The lowest BCUT2D eigenvalue weighted by Gasteiger charge is -2.30. The Morgan fingerprint density at radius 2 is 2.56 bits per heavy atom. The van der Waals surface area contributed by atoms with E-state index in [-0.39, 0.29) is 0 Å². The van der Waals surface area contributed by atoms with Crippen LogP contribution in [0.15, 0.2) is 5.38 Å². The second kappa shape index (κ2) is 7.04. The molecule has 5 nitrogen and oxygen atoms in total. The van der Waals surface area contributed by atoms with Crippen LogP contribution in [0.2, 0.25) is 0 Å². The van der Waals surface area contributed by atoms with Crippen molar-refractivity contribution in [3.63, 3.8) is 0 Å². The standard InChI is InChI=1S/C12H21N3O2S/c1-10-8-15(4-6-17-10)12-14-11(9-18-12)7-13-3-5-16-2/h9-10,13H,3-8H2,1-2H3. The summed E-state index contributed by atoms with van der Waals surface area (Å²) in [5.74, 6) is 0. The molecule has 1 aromatic rings. The number of aromatic nitrogens is 1. The van der Waals surface area contributed by atoms with E-state index in [0.29, 0.717) is 6.10 Å². The molecule has 0 aromatic carbocycles. The van der Waals surface area contributed by atoms with Crippen LogP contribution in [-0.4, -0.2) is 51.0 Å². The van der Waals surface area contributed by atoms with Gasteiger partial charge < -0.3 is 19.7 Å². The van der Waals surface area contributed by atoms with Crippen LogP contribution in [0.25, 0.3) is 0 Å². The largest absolute Gasteiger partial charge is 0.383 e. The monoisotopic (exact) mass is 271 g/mol.